The second-order valence-electron chi connectivity index (χ2n) is 5.59. The first-order valence-electron chi connectivity index (χ1n) is 7.52. The van der Waals surface area contributed by atoms with Crippen LogP contribution in [0.2, 0.25) is 0 Å². The zero-order valence-corrected chi connectivity index (χ0v) is 13.7. The van der Waals surface area contributed by atoms with Crippen molar-refractivity contribution in [3.05, 3.63) is 64.2 Å². The second-order valence-corrected chi connectivity index (χ2v) is 5.59. The molecule has 2 aromatic rings. The predicted octanol–water partition coefficient (Wildman–Crippen LogP) is 4.32. The minimum absolute atomic E-state index is 0.221. The molecule has 0 saturated heterocycles. The SMILES string of the molecule is CCNC(c1ccc(C)cc1)c1cc(C)c(OC)c(C)c1. The highest BCUT2D eigenvalue weighted by Gasteiger charge is 2.15. The largest absolute Gasteiger partial charge is 0.496 e. The van der Waals surface area contributed by atoms with Gasteiger partial charge in [-0.15, -0.1) is 0 Å². The Kier molecular flexibility index (Phi) is 5.03. The Bertz CT molecular complexity index is 578. The Morgan fingerprint density at radius 1 is 0.952 bits per heavy atom. The Balaban J connectivity index is 2.45. The Morgan fingerprint density at radius 3 is 2.00 bits per heavy atom. The van der Waals surface area contributed by atoms with Gasteiger partial charge in [-0.1, -0.05) is 48.9 Å². The van der Waals surface area contributed by atoms with E-state index < -0.39 is 0 Å². The number of aryl methyl sites for hydroxylation is 3. The first-order chi connectivity index (χ1) is 10.1. The molecule has 0 aromatic heterocycles. The maximum absolute atomic E-state index is 5.47. The van der Waals surface area contributed by atoms with Crippen molar-refractivity contribution in [1.82, 2.24) is 5.32 Å². The maximum Gasteiger partial charge on any atom is 0.124 e. The molecule has 0 aliphatic heterocycles. The molecule has 0 amide bonds. The molecule has 1 atom stereocenters. The minimum Gasteiger partial charge on any atom is -0.496 e. The zero-order valence-electron chi connectivity index (χ0n) is 13.7. The van der Waals surface area contributed by atoms with E-state index in [9.17, 15) is 0 Å². The summed E-state index contributed by atoms with van der Waals surface area (Å²) in [7, 11) is 1.73. The van der Waals surface area contributed by atoms with Gasteiger partial charge in [-0.2, -0.15) is 0 Å². The van der Waals surface area contributed by atoms with E-state index in [2.05, 4.69) is 69.4 Å². The Morgan fingerprint density at radius 2 is 1.52 bits per heavy atom. The molecule has 0 heterocycles. The van der Waals surface area contributed by atoms with Gasteiger partial charge in [0.1, 0.15) is 5.75 Å². The van der Waals surface area contributed by atoms with Gasteiger partial charge in [0.2, 0.25) is 0 Å². The molecule has 0 bridgehead atoms. The minimum atomic E-state index is 0.221. The normalized spacial score (nSPS) is 12.2. The molecule has 2 heteroatoms. The van der Waals surface area contributed by atoms with Crippen molar-refractivity contribution in [3.63, 3.8) is 0 Å². The Labute approximate surface area is 128 Å². The van der Waals surface area contributed by atoms with Crippen molar-refractivity contribution in [3.8, 4) is 5.75 Å². The van der Waals surface area contributed by atoms with Crippen molar-refractivity contribution >= 4 is 0 Å². The van der Waals surface area contributed by atoms with Crippen LogP contribution in [0.1, 0.15) is 40.8 Å². The van der Waals surface area contributed by atoms with Gasteiger partial charge in [-0.3, -0.25) is 0 Å². The second kappa shape index (κ2) is 6.77. The van der Waals surface area contributed by atoms with E-state index in [0.717, 1.165) is 12.3 Å². The number of rotatable bonds is 5. The molecule has 2 nitrogen and oxygen atoms in total. The summed E-state index contributed by atoms with van der Waals surface area (Å²) in [6.07, 6.45) is 0. The van der Waals surface area contributed by atoms with Crippen LogP contribution in [0.25, 0.3) is 0 Å². The molecule has 0 spiro atoms. The highest BCUT2D eigenvalue weighted by molar-refractivity contribution is 5.46. The molecular formula is C19H25NO. The number of nitrogens with one attached hydrogen (secondary N) is 1. The van der Waals surface area contributed by atoms with Crippen LogP contribution in [0.3, 0.4) is 0 Å². The van der Waals surface area contributed by atoms with E-state index in [1.165, 1.54) is 27.8 Å². The predicted molar refractivity (Wildman–Crippen MR) is 89.2 cm³/mol. The average molecular weight is 283 g/mol. The van der Waals surface area contributed by atoms with Crippen LogP contribution >= 0.6 is 0 Å². The molecule has 0 aliphatic carbocycles. The van der Waals surface area contributed by atoms with Crippen molar-refractivity contribution < 1.29 is 4.74 Å². The van der Waals surface area contributed by atoms with Crippen molar-refractivity contribution in [1.29, 1.82) is 0 Å². The number of methoxy groups -OCH3 is 1. The third kappa shape index (κ3) is 3.45. The van der Waals surface area contributed by atoms with Crippen LogP contribution in [0, 0.1) is 20.8 Å². The van der Waals surface area contributed by atoms with Gasteiger partial charge in [0.25, 0.3) is 0 Å². The molecule has 2 rings (SSSR count). The summed E-state index contributed by atoms with van der Waals surface area (Å²) in [6.45, 7) is 9.40. The molecule has 0 saturated carbocycles. The number of hydrogen-bond acceptors (Lipinski definition) is 2. The summed E-state index contributed by atoms with van der Waals surface area (Å²) >= 11 is 0. The summed E-state index contributed by atoms with van der Waals surface area (Å²) in [4.78, 5) is 0. The Hall–Kier alpha value is -1.80. The molecule has 0 fully saturated rings. The third-order valence-corrected chi connectivity index (χ3v) is 3.84. The van der Waals surface area contributed by atoms with E-state index in [4.69, 9.17) is 4.74 Å². The first-order valence-corrected chi connectivity index (χ1v) is 7.52. The van der Waals surface area contributed by atoms with Gasteiger partial charge >= 0.3 is 0 Å². The van der Waals surface area contributed by atoms with Gasteiger partial charge < -0.3 is 10.1 Å². The topological polar surface area (TPSA) is 21.3 Å². The van der Waals surface area contributed by atoms with E-state index in [-0.39, 0.29) is 6.04 Å². The number of ether oxygens (including phenoxy) is 1. The molecule has 0 aliphatic rings. The van der Waals surface area contributed by atoms with Gasteiger partial charge in [0.05, 0.1) is 13.2 Å². The molecular weight excluding hydrogens is 258 g/mol. The van der Waals surface area contributed by atoms with E-state index in [1.54, 1.807) is 7.11 Å². The van der Waals surface area contributed by atoms with Crippen molar-refractivity contribution in [2.45, 2.75) is 33.7 Å². The number of hydrogen-bond donors (Lipinski definition) is 1. The summed E-state index contributed by atoms with van der Waals surface area (Å²) in [6, 6.07) is 13.4. The van der Waals surface area contributed by atoms with Crippen LogP contribution in [0.15, 0.2) is 36.4 Å². The lowest BCUT2D eigenvalue weighted by molar-refractivity contribution is 0.408. The van der Waals surface area contributed by atoms with E-state index in [0.29, 0.717) is 0 Å². The van der Waals surface area contributed by atoms with Crippen LogP contribution in [0.4, 0.5) is 0 Å². The van der Waals surface area contributed by atoms with E-state index in [1.807, 2.05) is 0 Å². The van der Waals surface area contributed by atoms with Crippen LogP contribution in [0.5, 0.6) is 5.75 Å². The summed E-state index contributed by atoms with van der Waals surface area (Å²) in [5.41, 5.74) is 6.24. The molecule has 1 N–H and O–H groups in total. The van der Waals surface area contributed by atoms with Crippen LogP contribution in [-0.2, 0) is 0 Å². The summed E-state index contributed by atoms with van der Waals surface area (Å²) in [5.74, 6) is 0.984. The van der Waals surface area contributed by atoms with Crippen LogP contribution in [-0.4, -0.2) is 13.7 Å². The fraction of sp³-hybridized carbons (Fsp3) is 0.368. The fourth-order valence-corrected chi connectivity index (χ4v) is 2.86. The smallest absolute Gasteiger partial charge is 0.124 e. The lowest BCUT2D eigenvalue weighted by atomic mass is 9.94. The van der Waals surface area contributed by atoms with Gasteiger partial charge in [0, 0.05) is 0 Å². The van der Waals surface area contributed by atoms with Gasteiger partial charge in [-0.25, -0.2) is 0 Å². The maximum atomic E-state index is 5.47. The molecule has 2 aromatic carbocycles. The summed E-state index contributed by atoms with van der Waals surface area (Å²) in [5, 5.41) is 3.59. The van der Waals surface area contributed by atoms with Crippen molar-refractivity contribution in [2.24, 2.45) is 0 Å². The highest BCUT2D eigenvalue weighted by atomic mass is 16.5. The molecule has 21 heavy (non-hydrogen) atoms. The zero-order chi connectivity index (χ0) is 15.4. The van der Waals surface area contributed by atoms with E-state index >= 15 is 0 Å². The lowest BCUT2D eigenvalue weighted by Crippen LogP contribution is -2.22. The van der Waals surface area contributed by atoms with Gasteiger partial charge in [-0.05, 0) is 49.6 Å². The quantitative estimate of drug-likeness (QED) is 0.882. The highest BCUT2D eigenvalue weighted by Crippen LogP contribution is 2.30. The lowest BCUT2D eigenvalue weighted by Gasteiger charge is -2.21. The van der Waals surface area contributed by atoms with Crippen LogP contribution < -0.4 is 10.1 Å². The monoisotopic (exact) mass is 283 g/mol. The summed E-state index contributed by atoms with van der Waals surface area (Å²) < 4.78 is 5.47. The van der Waals surface area contributed by atoms with Gasteiger partial charge in [0.15, 0.2) is 0 Å². The fourth-order valence-electron chi connectivity index (χ4n) is 2.86. The standard InChI is InChI=1S/C19H25NO/c1-6-20-18(16-9-7-13(2)8-10-16)17-11-14(3)19(21-5)15(4)12-17/h7-12,18,20H,6H2,1-5H3. The number of benzene rings is 2. The average Bonchev–Trinajstić information content (AvgIpc) is 2.45. The first kappa shape index (κ1) is 15.6. The molecule has 112 valence electrons. The molecule has 1 unspecified atom stereocenters. The third-order valence-electron chi connectivity index (χ3n) is 3.84. The van der Waals surface area contributed by atoms with Crippen molar-refractivity contribution in [2.75, 3.05) is 13.7 Å². The molecule has 0 radical (unpaired) electrons.